The molecule has 0 radical (unpaired) electrons. The summed E-state index contributed by atoms with van der Waals surface area (Å²) in [6.07, 6.45) is 1.21. The monoisotopic (exact) mass is 224 g/mol. The molecule has 0 aromatic heterocycles. The molecule has 0 fully saturated rings. The number of rotatable bonds is 0. The molecule has 0 saturated carbocycles. The molecule has 2 aliphatic heterocycles. The molecule has 0 bridgehead atoms. The van der Waals surface area contributed by atoms with E-state index in [0.29, 0.717) is 6.79 Å². The number of ether oxygens (including phenoxy) is 3. The highest BCUT2D eigenvalue weighted by atomic mass is 31.0. The van der Waals surface area contributed by atoms with Crippen LogP contribution < -0.4 is 9.47 Å². The molecule has 3 atom stereocenters. The summed E-state index contributed by atoms with van der Waals surface area (Å²) in [7, 11) is 2.72. The average Bonchev–Trinajstić information content (AvgIpc) is 2.61. The van der Waals surface area contributed by atoms with Crippen LogP contribution in [-0.4, -0.2) is 12.9 Å². The van der Waals surface area contributed by atoms with Crippen molar-refractivity contribution in [2.45, 2.75) is 25.3 Å². The molecule has 2 heterocycles. The summed E-state index contributed by atoms with van der Waals surface area (Å²) in [5, 5.41) is 0. The Hall–Kier alpha value is -0.790. The number of hydrogen-bond acceptors (Lipinski definition) is 3. The van der Waals surface area contributed by atoms with Crippen LogP contribution in [0.4, 0.5) is 0 Å². The minimum atomic E-state index is 0.0678. The molecule has 3 nitrogen and oxygen atoms in total. The van der Waals surface area contributed by atoms with Crippen LogP contribution in [0.3, 0.4) is 0 Å². The number of fused-ring (bicyclic) bond motifs is 2. The fourth-order valence-electron chi connectivity index (χ4n) is 2.12. The van der Waals surface area contributed by atoms with Gasteiger partial charge in [0.25, 0.3) is 0 Å². The molecule has 0 N–H and O–H groups in total. The molecule has 0 spiro atoms. The van der Waals surface area contributed by atoms with Gasteiger partial charge in [-0.15, -0.1) is 9.24 Å². The van der Waals surface area contributed by atoms with E-state index in [0.717, 1.165) is 17.9 Å². The molecule has 3 rings (SSSR count). The second-order valence-electron chi connectivity index (χ2n) is 3.98. The van der Waals surface area contributed by atoms with Gasteiger partial charge in [-0.05, 0) is 36.6 Å². The van der Waals surface area contributed by atoms with Gasteiger partial charge in [-0.2, -0.15) is 0 Å². The van der Waals surface area contributed by atoms with Crippen molar-refractivity contribution in [2.24, 2.45) is 0 Å². The highest BCUT2D eigenvalue weighted by molar-refractivity contribution is 7.16. The molecule has 0 saturated heterocycles. The van der Waals surface area contributed by atoms with Gasteiger partial charge in [0, 0.05) is 0 Å². The number of hydrogen-bond donors (Lipinski definition) is 0. The summed E-state index contributed by atoms with van der Waals surface area (Å²) in [6.45, 7) is 2.42. The zero-order valence-corrected chi connectivity index (χ0v) is 9.68. The fourth-order valence-corrected chi connectivity index (χ4v) is 2.70. The van der Waals surface area contributed by atoms with Crippen molar-refractivity contribution in [1.82, 2.24) is 0 Å². The summed E-state index contributed by atoms with van der Waals surface area (Å²) in [5.41, 5.74) is 2.50. The molecular formula is C11H13O3P. The van der Waals surface area contributed by atoms with Crippen molar-refractivity contribution < 1.29 is 14.2 Å². The highest BCUT2D eigenvalue weighted by Gasteiger charge is 2.26. The molecular weight excluding hydrogens is 211 g/mol. The Morgan fingerprint density at radius 1 is 1.27 bits per heavy atom. The van der Waals surface area contributed by atoms with Gasteiger partial charge in [0.15, 0.2) is 11.5 Å². The Bertz CT molecular complexity index is 405. The van der Waals surface area contributed by atoms with Crippen LogP contribution in [0.15, 0.2) is 12.1 Å². The van der Waals surface area contributed by atoms with Crippen molar-refractivity contribution in [3.05, 3.63) is 23.3 Å². The molecule has 80 valence electrons. The highest BCUT2D eigenvalue weighted by Crippen LogP contribution is 2.42. The van der Waals surface area contributed by atoms with Gasteiger partial charge >= 0.3 is 0 Å². The fraction of sp³-hybridized carbons (Fsp3) is 0.455. The third-order valence-electron chi connectivity index (χ3n) is 2.83. The van der Waals surface area contributed by atoms with Crippen LogP contribution in [0.25, 0.3) is 0 Å². The smallest absolute Gasteiger partial charge is 0.231 e. The summed E-state index contributed by atoms with van der Waals surface area (Å²) < 4.78 is 16.5. The molecule has 2 aliphatic rings. The van der Waals surface area contributed by atoms with Crippen LogP contribution in [0, 0.1) is 0 Å². The minimum Gasteiger partial charge on any atom is -0.454 e. The lowest BCUT2D eigenvalue weighted by atomic mass is 9.99. The van der Waals surface area contributed by atoms with Crippen LogP contribution in [-0.2, 0) is 11.2 Å². The molecule has 1 aromatic rings. The third kappa shape index (κ3) is 1.51. The summed E-state index contributed by atoms with van der Waals surface area (Å²) >= 11 is 0. The second-order valence-corrected chi connectivity index (χ2v) is 4.58. The van der Waals surface area contributed by atoms with E-state index in [1.807, 2.05) is 6.07 Å². The van der Waals surface area contributed by atoms with E-state index >= 15 is 0 Å². The van der Waals surface area contributed by atoms with Gasteiger partial charge in [0.2, 0.25) is 6.79 Å². The zero-order chi connectivity index (χ0) is 10.4. The normalized spacial score (nSPS) is 27.6. The first-order valence-electron chi connectivity index (χ1n) is 5.07. The third-order valence-corrected chi connectivity index (χ3v) is 3.34. The molecule has 1 aromatic carbocycles. The van der Waals surface area contributed by atoms with Gasteiger partial charge in [-0.3, -0.25) is 0 Å². The molecule has 0 aliphatic carbocycles. The Morgan fingerprint density at radius 3 is 2.80 bits per heavy atom. The summed E-state index contributed by atoms with van der Waals surface area (Å²) in [6, 6.07) is 4.11. The second kappa shape index (κ2) is 3.36. The Labute approximate surface area is 90.9 Å². The number of benzene rings is 1. The lowest BCUT2D eigenvalue weighted by Gasteiger charge is -2.28. The first-order valence-corrected chi connectivity index (χ1v) is 5.74. The maximum atomic E-state index is 5.74. The van der Waals surface area contributed by atoms with Gasteiger partial charge in [0.1, 0.15) is 0 Å². The lowest BCUT2D eigenvalue weighted by molar-refractivity contribution is 0.0340. The first kappa shape index (κ1) is 9.44. The molecule has 2 unspecified atom stereocenters. The largest absolute Gasteiger partial charge is 0.454 e. The van der Waals surface area contributed by atoms with Crippen molar-refractivity contribution >= 4 is 9.24 Å². The van der Waals surface area contributed by atoms with Crippen molar-refractivity contribution in [1.29, 1.82) is 0 Å². The first-order chi connectivity index (χ1) is 7.24. The quantitative estimate of drug-likeness (QED) is 0.632. The van der Waals surface area contributed by atoms with E-state index < -0.39 is 0 Å². The summed E-state index contributed by atoms with van der Waals surface area (Å²) in [5.74, 6) is 1.76. The average molecular weight is 224 g/mol. The van der Waals surface area contributed by atoms with E-state index in [-0.39, 0.29) is 11.9 Å². The van der Waals surface area contributed by atoms with Crippen LogP contribution in [0.2, 0.25) is 0 Å². The Morgan fingerprint density at radius 2 is 2.00 bits per heavy atom. The SMILES string of the molecule is C[C@H]1Cc2cc3c(cc2C(P)O1)OCO3. The maximum absolute atomic E-state index is 5.74. The maximum Gasteiger partial charge on any atom is 0.231 e. The van der Waals surface area contributed by atoms with Crippen molar-refractivity contribution in [3.63, 3.8) is 0 Å². The Balaban J connectivity index is 2.09. The predicted octanol–water partition coefficient (Wildman–Crippen LogP) is 2.25. The molecule has 0 amide bonds. The van der Waals surface area contributed by atoms with Crippen LogP contribution >= 0.6 is 9.24 Å². The van der Waals surface area contributed by atoms with Crippen LogP contribution in [0.5, 0.6) is 11.5 Å². The Kier molecular flexibility index (Phi) is 2.11. The van der Waals surface area contributed by atoms with E-state index in [9.17, 15) is 0 Å². The molecule has 15 heavy (non-hydrogen) atoms. The van der Waals surface area contributed by atoms with Crippen LogP contribution in [0.1, 0.15) is 23.9 Å². The van der Waals surface area contributed by atoms with Crippen molar-refractivity contribution in [3.8, 4) is 11.5 Å². The van der Waals surface area contributed by atoms with Gasteiger partial charge in [-0.1, -0.05) is 0 Å². The van der Waals surface area contributed by atoms with E-state index in [1.165, 1.54) is 11.1 Å². The summed E-state index contributed by atoms with van der Waals surface area (Å²) in [4.78, 5) is 0. The van der Waals surface area contributed by atoms with Crippen molar-refractivity contribution in [2.75, 3.05) is 6.79 Å². The van der Waals surface area contributed by atoms with E-state index in [4.69, 9.17) is 14.2 Å². The van der Waals surface area contributed by atoms with Gasteiger partial charge in [0.05, 0.1) is 11.9 Å². The predicted molar refractivity (Wildman–Crippen MR) is 59.3 cm³/mol. The molecule has 4 heteroatoms. The standard InChI is InChI=1S/C11H13O3P/c1-6-2-7-3-9-10(13-5-12-9)4-8(7)11(15)14-6/h3-4,6,11H,2,5,15H2,1H3/t6-,11?/m0/s1. The topological polar surface area (TPSA) is 27.7 Å². The zero-order valence-electron chi connectivity index (χ0n) is 8.53. The van der Waals surface area contributed by atoms with Gasteiger partial charge < -0.3 is 14.2 Å². The minimum absolute atomic E-state index is 0.0678. The van der Waals surface area contributed by atoms with E-state index in [1.54, 1.807) is 0 Å². The van der Waals surface area contributed by atoms with Gasteiger partial charge in [-0.25, -0.2) is 0 Å². The lowest BCUT2D eigenvalue weighted by Crippen LogP contribution is -2.20. The van der Waals surface area contributed by atoms with E-state index in [2.05, 4.69) is 22.2 Å².